The van der Waals surface area contributed by atoms with Crippen molar-refractivity contribution in [3.05, 3.63) is 50.4 Å². The van der Waals surface area contributed by atoms with Crippen LogP contribution in [0.3, 0.4) is 0 Å². The molecule has 78 valence electrons. The van der Waals surface area contributed by atoms with Gasteiger partial charge in [0.05, 0.1) is 5.01 Å². The fourth-order valence-corrected chi connectivity index (χ4v) is 2.63. The number of benzene rings is 1. The third kappa shape index (κ3) is 2.87. The largest absolute Gasteiger partial charge is 0.326 e. The van der Waals surface area contributed by atoms with E-state index in [1.807, 2.05) is 18.3 Å². The first-order valence-corrected chi connectivity index (χ1v) is 6.27. The van der Waals surface area contributed by atoms with E-state index in [9.17, 15) is 0 Å². The van der Waals surface area contributed by atoms with Gasteiger partial charge >= 0.3 is 0 Å². The highest BCUT2D eigenvalue weighted by Gasteiger charge is 2.02. The van der Waals surface area contributed by atoms with Crippen LogP contribution in [0.5, 0.6) is 0 Å². The van der Waals surface area contributed by atoms with Crippen LogP contribution in [-0.4, -0.2) is 4.98 Å². The fraction of sp³-hybridized carbons (Fsp3) is 0.182. The number of hydrogen-bond donors (Lipinski definition) is 1. The summed E-state index contributed by atoms with van der Waals surface area (Å²) in [6, 6.07) is 8.28. The topological polar surface area (TPSA) is 38.9 Å². The van der Waals surface area contributed by atoms with Gasteiger partial charge in [0.15, 0.2) is 0 Å². The minimum Gasteiger partial charge on any atom is -0.326 e. The quantitative estimate of drug-likeness (QED) is 0.940. The normalized spacial score (nSPS) is 10.5. The summed E-state index contributed by atoms with van der Waals surface area (Å²) in [5, 5.41) is 1.12. The van der Waals surface area contributed by atoms with E-state index in [-0.39, 0.29) is 0 Å². The van der Waals surface area contributed by atoms with Gasteiger partial charge in [0.1, 0.15) is 0 Å². The third-order valence-electron chi connectivity index (χ3n) is 2.05. The summed E-state index contributed by atoms with van der Waals surface area (Å²) in [4.78, 5) is 5.47. The first-order chi connectivity index (χ1) is 7.28. The van der Waals surface area contributed by atoms with E-state index in [0.29, 0.717) is 6.54 Å². The Kier molecular flexibility index (Phi) is 3.51. The number of thiazole rings is 1. The molecule has 0 saturated heterocycles. The van der Waals surface area contributed by atoms with Crippen LogP contribution >= 0.6 is 27.3 Å². The van der Waals surface area contributed by atoms with Crippen LogP contribution in [0.2, 0.25) is 0 Å². The summed E-state index contributed by atoms with van der Waals surface area (Å²) in [7, 11) is 0. The average Bonchev–Trinajstić information content (AvgIpc) is 2.65. The predicted molar refractivity (Wildman–Crippen MR) is 67.0 cm³/mol. The van der Waals surface area contributed by atoms with Gasteiger partial charge in [0.25, 0.3) is 0 Å². The summed E-state index contributed by atoms with van der Waals surface area (Å²) >= 11 is 5.14. The van der Waals surface area contributed by atoms with E-state index in [1.165, 1.54) is 5.56 Å². The smallest absolute Gasteiger partial charge is 0.0972 e. The monoisotopic (exact) mass is 282 g/mol. The fourth-order valence-electron chi connectivity index (χ4n) is 1.35. The Balaban J connectivity index is 2.14. The number of halogens is 1. The molecule has 2 aromatic rings. The number of hydrogen-bond acceptors (Lipinski definition) is 3. The average molecular weight is 283 g/mol. The summed E-state index contributed by atoms with van der Waals surface area (Å²) in [6.45, 7) is 0.580. The van der Waals surface area contributed by atoms with Gasteiger partial charge in [0.2, 0.25) is 0 Å². The molecule has 2 nitrogen and oxygen atoms in total. The summed E-state index contributed by atoms with van der Waals surface area (Å²) in [6.07, 6.45) is 2.74. The van der Waals surface area contributed by atoms with Gasteiger partial charge in [0, 0.05) is 28.5 Å². The molecule has 0 unspecified atom stereocenters. The Labute approximate surface area is 101 Å². The van der Waals surface area contributed by atoms with Crippen molar-refractivity contribution in [3.8, 4) is 0 Å². The number of rotatable bonds is 3. The third-order valence-corrected chi connectivity index (χ3v) is 3.56. The van der Waals surface area contributed by atoms with Crippen molar-refractivity contribution < 1.29 is 0 Å². The maximum absolute atomic E-state index is 5.54. The molecular weight excluding hydrogens is 272 g/mol. The number of aromatic nitrogens is 1. The van der Waals surface area contributed by atoms with Crippen molar-refractivity contribution in [2.75, 3.05) is 0 Å². The van der Waals surface area contributed by atoms with Crippen molar-refractivity contribution in [2.24, 2.45) is 5.73 Å². The first-order valence-electron chi connectivity index (χ1n) is 4.66. The highest BCUT2D eigenvalue weighted by molar-refractivity contribution is 9.10. The molecule has 2 rings (SSSR count). The second kappa shape index (κ2) is 4.88. The molecule has 0 amide bonds. The molecule has 15 heavy (non-hydrogen) atoms. The van der Waals surface area contributed by atoms with Crippen molar-refractivity contribution in [1.29, 1.82) is 0 Å². The molecule has 0 aliphatic rings. The van der Waals surface area contributed by atoms with Crippen LogP contribution in [0.15, 0.2) is 34.9 Å². The Morgan fingerprint density at radius 3 is 2.93 bits per heavy atom. The van der Waals surface area contributed by atoms with Crippen LogP contribution in [0, 0.1) is 0 Å². The van der Waals surface area contributed by atoms with Crippen molar-refractivity contribution in [1.82, 2.24) is 4.98 Å². The molecule has 0 spiro atoms. The lowest BCUT2D eigenvalue weighted by Gasteiger charge is -1.98. The van der Waals surface area contributed by atoms with E-state index in [2.05, 4.69) is 33.0 Å². The molecule has 1 heterocycles. The summed E-state index contributed by atoms with van der Waals surface area (Å²) in [5.41, 5.74) is 6.81. The zero-order valence-electron chi connectivity index (χ0n) is 8.11. The molecule has 0 atom stereocenters. The highest BCUT2D eigenvalue weighted by atomic mass is 79.9. The molecule has 0 radical (unpaired) electrons. The van der Waals surface area contributed by atoms with E-state index < -0.39 is 0 Å². The van der Waals surface area contributed by atoms with Crippen LogP contribution in [0.25, 0.3) is 0 Å². The lowest BCUT2D eigenvalue weighted by molar-refractivity contribution is 1.08. The predicted octanol–water partition coefficient (Wildman–Crippen LogP) is 2.96. The Morgan fingerprint density at radius 1 is 1.40 bits per heavy atom. The highest BCUT2D eigenvalue weighted by Crippen LogP contribution is 2.18. The Bertz CT molecular complexity index is 453. The molecule has 0 bridgehead atoms. The minimum atomic E-state index is 0.580. The zero-order valence-corrected chi connectivity index (χ0v) is 10.5. The zero-order chi connectivity index (χ0) is 10.7. The van der Waals surface area contributed by atoms with Gasteiger partial charge in [-0.1, -0.05) is 28.1 Å². The van der Waals surface area contributed by atoms with E-state index >= 15 is 0 Å². The van der Waals surface area contributed by atoms with E-state index in [4.69, 9.17) is 5.73 Å². The van der Waals surface area contributed by atoms with Crippen LogP contribution in [0.1, 0.15) is 15.4 Å². The minimum absolute atomic E-state index is 0.580. The Morgan fingerprint density at radius 2 is 2.27 bits per heavy atom. The molecule has 2 N–H and O–H groups in total. The van der Waals surface area contributed by atoms with Crippen molar-refractivity contribution in [2.45, 2.75) is 13.0 Å². The molecular formula is C11H11BrN2S. The van der Waals surface area contributed by atoms with Crippen LogP contribution in [-0.2, 0) is 13.0 Å². The number of nitrogens with zero attached hydrogens (tertiary/aromatic N) is 1. The second-order valence-electron chi connectivity index (χ2n) is 3.23. The molecule has 0 fully saturated rings. The van der Waals surface area contributed by atoms with Gasteiger partial charge in [-0.05, 0) is 17.7 Å². The molecule has 0 aliphatic carbocycles. The lowest BCUT2D eigenvalue weighted by Crippen LogP contribution is -1.91. The number of nitrogens with two attached hydrogens (primary N) is 1. The molecule has 0 aliphatic heterocycles. The molecule has 0 saturated carbocycles. The van der Waals surface area contributed by atoms with Gasteiger partial charge in [-0.15, -0.1) is 11.3 Å². The standard InChI is InChI=1S/C11H11BrN2S/c12-9-3-1-2-8(4-9)5-11-14-7-10(6-13)15-11/h1-4,7H,5-6,13H2. The van der Waals surface area contributed by atoms with Crippen molar-refractivity contribution >= 4 is 27.3 Å². The van der Waals surface area contributed by atoms with Crippen LogP contribution < -0.4 is 5.73 Å². The van der Waals surface area contributed by atoms with Crippen molar-refractivity contribution in [3.63, 3.8) is 0 Å². The van der Waals surface area contributed by atoms with Gasteiger partial charge < -0.3 is 5.73 Å². The Hall–Kier alpha value is -0.710. The maximum Gasteiger partial charge on any atom is 0.0972 e. The molecule has 1 aromatic carbocycles. The second-order valence-corrected chi connectivity index (χ2v) is 5.35. The van der Waals surface area contributed by atoms with E-state index in [1.54, 1.807) is 11.3 Å². The first kappa shape index (κ1) is 10.8. The van der Waals surface area contributed by atoms with Gasteiger partial charge in [-0.2, -0.15) is 0 Å². The maximum atomic E-state index is 5.54. The van der Waals surface area contributed by atoms with Crippen LogP contribution in [0.4, 0.5) is 0 Å². The summed E-state index contributed by atoms with van der Waals surface area (Å²) < 4.78 is 1.11. The molecule has 1 aromatic heterocycles. The van der Waals surface area contributed by atoms with Gasteiger partial charge in [-0.3, -0.25) is 0 Å². The molecule has 4 heteroatoms. The van der Waals surface area contributed by atoms with E-state index in [0.717, 1.165) is 20.8 Å². The SMILES string of the molecule is NCc1cnc(Cc2cccc(Br)c2)s1. The van der Waals surface area contributed by atoms with Gasteiger partial charge in [-0.25, -0.2) is 4.98 Å². The summed E-state index contributed by atoms with van der Waals surface area (Å²) in [5.74, 6) is 0. The lowest BCUT2D eigenvalue weighted by atomic mass is 10.2.